The van der Waals surface area contributed by atoms with Crippen LogP contribution in [0.2, 0.25) is 0 Å². The number of rotatable bonds is 5. The van der Waals surface area contributed by atoms with E-state index in [1.165, 1.54) is 0 Å². The number of benzene rings is 5. The van der Waals surface area contributed by atoms with E-state index in [2.05, 4.69) is 39.2 Å². The molecule has 6 heterocycles. The van der Waals surface area contributed by atoms with E-state index in [1.54, 1.807) is 17.6 Å². The molecule has 6 aromatic heterocycles. The predicted octanol–water partition coefficient (Wildman–Crippen LogP) is 11.2. The number of fused-ring (bicyclic) bond motifs is 5. The standard InChI is InChI=1S/C43H25N5O3S/c49-43-38(32-21-24-11-2-4-13-27(24)45-32)40(42-48-30-16-7-8-18-35(30)52-42)39-34(51-43)22-25(33-17-9-19-50-33)36(41-46-28-14-5-6-15-29(28)47-41)37(39)31-20-23-10-1-3-12-26(23)44-31/h1-22,44-45H,(H,46,47). The first-order valence-electron chi connectivity index (χ1n) is 16.9. The minimum Gasteiger partial charge on any atom is -0.464 e. The average Bonchev–Trinajstić information content (AvgIpc) is 4.01. The zero-order valence-corrected chi connectivity index (χ0v) is 28.0. The van der Waals surface area contributed by atoms with Gasteiger partial charge in [0.25, 0.3) is 0 Å². The lowest BCUT2D eigenvalue weighted by Crippen LogP contribution is -2.08. The summed E-state index contributed by atoms with van der Waals surface area (Å²) in [5.74, 6) is 1.26. The van der Waals surface area contributed by atoms with Gasteiger partial charge in [0.2, 0.25) is 0 Å². The normalized spacial score (nSPS) is 11.9. The molecule has 0 atom stereocenters. The fourth-order valence-corrected chi connectivity index (χ4v) is 8.45. The van der Waals surface area contributed by atoms with Crippen molar-refractivity contribution in [3.05, 3.63) is 144 Å². The molecule has 0 spiro atoms. The van der Waals surface area contributed by atoms with Gasteiger partial charge in [-0.2, -0.15) is 0 Å². The molecule has 0 aliphatic carbocycles. The lowest BCUT2D eigenvalue weighted by molar-refractivity contribution is 0.562. The largest absolute Gasteiger partial charge is 0.464 e. The molecule has 0 aliphatic rings. The molecular formula is C43H25N5O3S. The van der Waals surface area contributed by atoms with Gasteiger partial charge in [-0.3, -0.25) is 0 Å². The van der Waals surface area contributed by atoms with Crippen LogP contribution >= 0.6 is 11.3 Å². The van der Waals surface area contributed by atoms with Gasteiger partial charge < -0.3 is 23.8 Å². The van der Waals surface area contributed by atoms with Crippen molar-refractivity contribution in [1.82, 2.24) is 24.9 Å². The van der Waals surface area contributed by atoms with Crippen molar-refractivity contribution in [3.8, 4) is 55.8 Å². The van der Waals surface area contributed by atoms with Crippen LogP contribution in [-0.4, -0.2) is 24.9 Å². The van der Waals surface area contributed by atoms with Crippen LogP contribution in [0.1, 0.15) is 0 Å². The van der Waals surface area contributed by atoms with Crippen molar-refractivity contribution in [3.63, 3.8) is 0 Å². The lowest BCUT2D eigenvalue weighted by Gasteiger charge is -2.18. The van der Waals surface area contributed by atoms with Crippen LogP contribution in [0, 0.1) is 0 Å². The minimum atomic E-state index is -0.474. The van der Waals surface area contributed by atoms with Gasteiger partial charge in [0.05, 0.1) is 38.8 Å². The molecule has 9 heteroatoms. The Morgan fingerprint density at radius 2 is 1.25 bits per heavy atom. The Morgan fingerprint density at radius 3 is 1.94 bits per heavy atom. The van der Waals surface area contributed by atoms with E-state index >= 15 is 0 Å². The topological polar surface area (TPSA) is 116 Å². The van der Waals surface area contributed by atoms with Gasteiger partial charge in [-0.25, -0.2) is 14.8 Å². The molecule has 0 radical (unpaired) electrons. The summed E-state index contributed by atoms with van der Waals surface area (Å²) in [6.45, 7) is 0. The quantitative estimate of drug-likeness (QED) is 0.155. The maximum Gasteiger partial charge on any atom is 0.346 e. The summed E-state index contributed by atoms with van der Waals surface area (Å²) in [5, 5.41) is 3.45. The highest BCUT2D eigenvalue weighted by atomic mass is 32.1. The zero-order valence-electron chi connectivity index (χ0n) is 27.2. The van der Waals surface area contributed by atoms with Gasteiger partial charge in [0.1, 0.15) is 22.2 Å². The number of thiazole rings is 1. The second-order valence-electron chi connectivity index (χ2n) is 12.8. The van der Waals surface area contributed by atoms with Crippen LogP contribution < -0.4 is 5.63 Å². The average molecular weight is 692 g/mol. The molecule has 0 bridgehead atoms. The molecule has 246 valence electrons. The van der Waals surface area contributed by atoms with Crippen molar-refractivity contribution >= 4 is 65.4 Å². The Labute approximate surface area is 298 Å². The fourth-order valence-electron chi connectivity index (χ4n) is 7.43. The molecule has 0 saturated carbocycles. The van der Waals surface area contributed by atoms with Crippen LogP contribution in [0.3, 0.4) is 0 Å². The maximum atomic E-state index is 14.5. The van der Waals surface area contributed by atoms with E-state index < -0.39 is 5.63 Å². The summed E-state index contributed by atoms with van der Waals surface area (Å²) in [6.07, 6.45) is 1.65. The minimum absolute atomic E-state index is 0.402. The van der Waals surface area contributed by atoms with Crippen molar-refractivity contribution in [2.75, 3.05) is 0 Å². The van der Waals surface area contributed by atoms with E-state index in [0.29, 0.717) is 39.0 Å². The number of H-pyrrole nitrogens is 3. The number of para-hydroxylation sites is 5. The number of furan rings is 1. The number of nitrogens with zero attached hydrogens (tertiary/aromatic N) is 2. The first kappa shape index (κ1) is 28.8. The predicted molar refractivity (Wildman–Crippen MR) is 208 cm³/mol. The van der Waals surface area contributed by atoms with Gasteiger partial charge in [-0.15, -0.1) is 11.3 Å². The number of nitrogens with one attached hydrogen (secondary N) is 3. The molecular weight excluding hydrogens is 667 g/mol. The molecule has 0 amide bonds. The summed E-state index contributed by atoms with van der Waals surface area (Å²) in [7, 11) is 0. The maximum absolute atomic E-state index is 14.5. The van der Waals surface area contributed by atoms with Crippen molar-refractivity contribution < 1.29 is 8.83 Å². The number of hydrogen-bond acceptors (Lipinski definition) is 6. The van der Waals surface area contributed by atoms with E-state index in [-0.39, 0.29) is 0 Å². The van der Waals surface area contributed by atoms with Crippen LogP contribution in [-0.2, 0) is 0 Å². The second kappa shape index (κ2) is 11.0. The van der Waals surface area contributed by atoms with E-state index in [1.807, 2.05) is 103 Å². The third-order valence-corrected chi connectivity index (χ3v) is 10.8. The van der Waals surface area contributed by atoms with Gasteiger partial charge in [0, 0.05) is 55.1 Å². The van der Waals surface area contributed by atoms with Gasteiger partial charge >= 0.3 is 5.63 Å². The van der Waals surface area contributed by atoms with E-state index in [0.717, 1.165) is 70.8 Å². The lowest BCUT2D eigenvalue weighted by atomic mass is 9.89. The molecule has 52 heavy (non-hydrogen) atoms. The molecule has 0 fully saturated rings. The number of hydrogen-bond donors (Lipinski definition) is 3. The Kier molecular flexibility index (Phi) is 6.11. The van der Waals surface area contributed by atoms with Crippen molar-refractivity contribution in [2.45, 2.75) is 0 Å². The molecule has 11 rings (SSSR count). The van der Waals surface area contributed by atoms with Crippen molar-refractivity contribution in [1.29, 1.82) is 0 Å². The first-order chi connectivity index (χ1) is 25.7. The molecule has 3 N–H and O–H groups in total. The Balaban J connectivity index is 1.38. The highest BCUT2D eigenvalue weighted by molar-refractivity contribution is 7.21. The van der Waals surface area contributed by atoms with Gasteiger partial charge in [-0.05, 0) is 66.7 Å². The zero-order chi connectivity index (χ0) is 34.3. The third kappa shape index (κ3) is 4.36. The Bertz CT molecular complexity index is 3100. The smallest absolute Gasteiger partial charge is 0.346 e. The molecule has 0 aliphatic heterocycles. The Hall–Kier alpha value is -6.97. The molecule has 11 aromatic rings. The number of imidazole rings is 1. The first-order valence-corrected chi connectivity index (χ1v) is 17.7. The van der Waals surface area contributed by atoms with Crippen LogP contribution in [0.4, 0.5) is 0 Å². The van der Waals surface area contributed by atoms with Crippen LogP contribution in [0.15, 0.2) is 147 Å². The van der Waals surface area contributed by atoms with Gasteiger partial charge in [-0.1, -0.05) is 60.7 Å². The summed E-state index contributed by atoms with van der Waals surface area (Å²) >= 11 is 1.55. The number of aromatic nitrogens is 5. The molecule has 0 saturated heterocycles. The second-order valence-corrected chi connectivity index (χ2v) is 13.8. The Morgan fingerprint density at radius 1 is 0.577 bits per heavy atom. The molecule has 0 unspecified atom stereocenters. The fraction of sp³-hybridized carbons (Fsp3) is 0. The molecule has 5 aromatic carbocycles. The summed E-state index contributed by atoms with van der Waals surface area (Å²) in [4.78, 5) is 35.7. The summed E-state index contributed by atoms with van der Waals surface area (Å²) in [5.41, 5.74) is 9.27. The van der Waals surface area contributed by atoms with Gasteiger partial charge in [0.15, 0.2) is 0 Å². The van der Waals surface area contributed by atoms with E-state index in [4.69, 9.17) is 18.8 Å². The molecule has 8 nitrogen and oxygen atoms in total. The summed E-state index contributed by atoms with van der Waals surface area (Å²) < 4.78 is 13.5. The summed E-state index contributed by atoms with van der Waals surface area (Å²) in [6, 6.07) is 42.0. The van der Waals surface area contributed by atoms with Crippen molar-refractivity contribution in [2.24, 2.45) is 0 Å². The van der Waals surface area contributed by atoms with Crippen LogP contribution in [0.25, 0.3) is 110 Å². The van der Waals surface area contributed by atoms with Crippen LogP contribution in [0.5, 0.6) is 0 Å². The highest BCUT2D eigenvalue weighted by Gasteiger charge is 2.30. The number of aromatic amines is 3. The SMILES string of the molecule is O=c1oc2cc(-c3ccco3)c(-c3nc4ccccc4[nH]3)c(-c3cc4ccccc4[nH]3)c2c(-c2nc3ccccc3s2)c1-c1cc2ccccc2[nH]1. The monoisotopic (exact) mass is 691 g/mol. The van der Waals surface area contributed by atoms with E-state index in [9.17, 15) is 4.79 Å². The highest BCUT2D eigenvalue weighted by Crippen LogP contribution is 2.50. The third-order valence-electron chi connectivity index (χ3n) is 9.72.